The number of hydrogen-bond acceptors (Lipinski definition) is 12. The number of fused-ring (bicyclic) bond motifs is 6. The summed E-state index contributed by atoms with van der Waals surface area (Å²) in [6.45, 7) is 6.61. The van der Waals surface area contributed by atoms with Crippen LogP contribution in [0, 0.1) is 53.0 Å². The molecular formula is C87H90F3N9O6. The molecule has 0 bridgehead atoms. The molecular weight excluding hydrogens is 1320 g/mol. The van der Waals surface area contributed by atoms with E-state index in [0.717, 1.165) is 133 Å². The first kappa shape index (κ1) is 72.7. The quantitative estimate of drug-likeness (QED) is 0.0824. The Bertz CT molecular complexity index is 4080. The van der Waals surface area contributed by atoms with E-state index in [1.165, 1.54) is 64.2 Å². The number of benzene rings is 3. The van der Waals surface area contributed by atoms with Crippen molar-refractivity contribution in [1.29, 1.82) is 0 Å². The van der Waals surface area contributed by atoms with Gasteiger partial charge in [-0.1, -0.05) is 78.9 Å². The molecule has 0 radical (unpaired) electrons. The summed E-state index contributed by atoms with van der Waals surface area (Å²) >= 11 is 0. The van der Waals surface area contributed by atoms with Crippen LogP contribution < -0.4 is 16.0 Å². The zero-order valence-corrected chi connectivity index (χ0v) is 59.6. The largest absolute Gasteiger partial charge is 0.450 e. The Morgan fingerprint density at radius 1 is 0.400 bits per heavy atom. The molecule has 6 aliphatic carbocycles. The number of allylic oxidation sites excluding steroid dienone is 3. The third-order valence-corrected chi connectivity index (χ3v) is 21.9. The molecule has 0 unspecified atom stereocenters. The summed E-state index contributed by atoms with van der Waals surface area (Å²) in [6, 6.07) is 40.4. The number of pyridine rings is 6. The number of halogens is 3. The third kappa shape index (κ3) is 18.5. The van der Waals surface area contributed by atoms with Crippen LogP contribution in [0.15, 0.2) is 201 Å². The number of aromatic nitrogens is 6. The molecule has 0 spiro atoms. The number of nitrogens with zero attached hydrogens (tertiary/aromatic N) is 6. The molecule has 12 atom stereocenters. The van der Waals surface area contributed by atoms with E-state index in [9.17, 15) is 27.6 Å². The highest BCUT2D eigenvalue weighted by Gasteiger charge is 2.43. The molecule has 540 valence electrons. The Kier molecular flexibility index (Phi) is 24.1. The number of carbonyl (C=O) groups excluding carboxylic acids is 3. The van der Waals surface area contributed by atoms with Crippen molar-refractivity contribution in [2.45, 2.75) is 134 Å². The lowest BCUT2D eigenvalue weighted by atomic mass is 9.62. The minimum atomic E-state index is -0.325. The molecule has 6 aromatic heterocycles. The number of nitrogens with one attached hydrogen (secondary N) is 3. The maximum atomic E-state index is 13.6. The standard InChI is InChI=1S/3C29H30FN3O2/c1-2-35-29(34)33-24-11-12-25-21(16-24)17-28-27(7-4-14-31-28)26(25)13-10-23-9-8-20(18-32-23)19-5-3-6-22(30)15-19;1-2-35-29(34)33-25-9-10-26-22(16-25)14-20-12-13-31-18-28(20)27(26)11-8-24-7-6-21(17-32-24)19-4-3-5-23(30)15-19;1-2-35-29(34)33-25-9-10-26-21(16-25)14-22-17-31-13-12-27(22)28(26)11-8-24-7-6-20(18-32-24)19-4-3-5-23(30)15-19/h3-10,13-15,18,21,24-26H,2,11-12,16-17H2,1H3,(H,33,34);3-8,11-13,15,17-18,22,25-27H,2,9-10,14,16H2,1H3,(H,33,34);3-8,11-13,15,17-18,21,25-26,28H,2,9-10,14,16H2,1H3,(H,33,34)/b13-10+;2*11-8+/t21-,24+,25+,26-;22-,25-,26-,27+;21-,25-,26-,28+/m011/s1. The fourth-order valence-corrected chi connectivity index (χ4v) is 17.1. The van der Waals surface area contributed by atoms with Crippen molar-refractivity contribution in [2.24, 2.45) is 35.5 Å². The van der Waals surface area contributed by atoms with Gasteiger partial charge in [0.2, 0.25) is 0 Å². The Balaban J connectivity index is 0.000000140. The van der Waals surface area contributed by atoms with Crippen LogP contribution in [0.2, 0.25) is 0 Å². The van der Waals surface area contributed by atoms with Crippen LogP contribution in [-0.2, 0) is 33.5 Å². The van der Waals surface area contributed by atoms with E-state index in [4.69, 9.17) is 19.2 Å². The van der Waals surface area contributed by atoms with Crippen LogP contribution in [0.3, 0.4) is 0 Å². The summed E-state index contributed by atoms with van der Waals surface area (Å²) in [5, 5.41) is 9.13. The van der Waals surface area contributed by atoms with Crippen molar-refractivity contribution in [2.75, 3.05) is 19.8 Å². The molecule has 3 saturated carbocycles. The van der Waals surface area contributed by atoms with Gasteiger partial charge < -0.3 is 30.2 Å². The summed E-state index contributed by atoms with van der Waals surface area (Å²) in [6.07, 6.45) is 38.8. The molecule has 15 rings (SSSR count). The van der Waals surface area contributed by atoms with Gasteiger partial charge in [-0.25, -0.2) is 27.6 Å². The lowest BCUT2D eigenvalue weighted by Crippen LogP contribution is -2.44. The average Bonchev–Trinajstić information content (AvgIpc) is 0.781. The molecule has 3 aromatic carbocycles. The molecule has 3 N–H and O–H groups in total. The first-order valence-electron chi connectivity index (χ1n) is 37.1. The summed E-state index contributed by atoms with van der Waals surface area (Å²) in [5.74, 6) is 2.95. The summed E-state index contributed by atoms with van der Waals surface area (Å²) in [7, 11) is 0. The Morgan fingerprint density at radius 3 is 1.24 bits per heavy atom. The molecule has 105 heavy (non-hydrogen) atoms. The minimum Gasteiger partial charge on any atom is -0.450 e. The second kappa shape index (κ2) is 34.8. The van der Waals surface area contributed by atoms with E-state index in [2.05, 4.69) is 95.5 Å². The Morgan fingerprint density at radius 2 is 0.810 bits per heavy atom. The highest BCUT2D eigenvalue weighted by atomic mass is 19.1. The smallest absolute Gasteiger partial charge is 0.407 e. The first-order valence-corrected chi connectivity index (χ1v) is 37.1. The van der Waals surface area contributed by atoms with E-state index in [1.54, 1.807) is 36.8 Å². The van der Waals surface area contributed by atoms with Crippen LogP contribution in [0.25, 0.3) is 51.6 Å². The number of amides is 3. The molecule has 6 aliphatic rings. The summed E-state index contributed by atoms with van der Waals surface area (Å²) < 4.78 is 56.0. The van der Waals surface area contributed by atoms with Gasteiger partial charge in [-0.05, 0) is 269 Å². The van der Waals surface area contributed by atoms with Crippen molar-refractivity contribution < 1.29 is 41.8 Å². The van der Waals surface area contributed by atoms with Gasteiger partial charge in [0.05, 0.1) is 36.9 Å². The predicted octanol–water partition coefficient (Wildman–Crippen LogP) is 18.5. The number of alkyl carbamates (subject to hydrolysis) is 3. The molecule has 9 aromatic rings. The molecule has 6 heterocycles. The van der Waals surface area contributed by atoms with Gasteiger partial charge in [0.25, 0.3) is 0 Å². The van der Waals surface area contributed by atoms with Crippen LogP contribution in [0.5, 0.6) is 0 Å². The first-order chi connectivity index (χ1) is 51.3. The molecule has 3 amide bonds. The van der Waals surface area contributed by atoms with E-state index < -0.39 is 0 Å². The maximum absolute atomic E-state index is 13.6. The van der Waals surface area contributed by atoms with Gasteiger partial charge >= 0.3 is 18.3 Å². The van der Waals surface area contributed by atoms with Crippen molar-refractivity contribution >= 4 is 36.5 Å². The third-order valence-electron chi connectivity index (χ3n) is 21.9. The van der Waals surface area contributed by atoms with Crippen LogP contribution in [-0.4, -0.2) is 86.1 Å². The fraction of sp³-hybridized carbons (Fsp3) is 0.345. The van der Waals surface area contributed by atoms with E-state index >= 15 is 0 Å². The van der Waals surface area contributed by atoms with E-state index in [0.29, 0.717) is 55.3 Å². The summed E-state index contributed by atoms with van der Waals surface area (Å²) in [4.78, 5) is 63.1. The van der Waals surface area contributed by atoms with Gasteiger partial charge in [-0.15, -0.1) is 0 Å². The lowest BCUT2D eigenvalue weighted by Gasteiger charge is -2.44. The topological polar surface area (TPSA) is 192 Å². The van der Waals surface area contributed by atoms with Crippen molar-refractivity contribution in [3.63, 3.8) is 0 Å². The van der Waals surface area contributed by atoms with Crippen molar-refractivity contribution in [3.05, 3.63) is 269 Å². The average molecular weight is 1410 g/mol. The van der Waals surface area contributed by atoms with E-state index in [-0.39, 0.29) is 71.6 Å². The van der Waals surface area contributed by atoms with Crippen LogP contribution >= 0.6 is 0 Å². The van der Waals surface area contributed by atoms with Crippen LogP contribution in [0.1, 0.15) is 147 Å². The lowest BCUT2D eigenvalue weighted by molar-refractivity contribution is 0.128. The van der Waals surface area contributed by atoms with Gasteiger partial charge in [-0.3, -0.25) is 29.9 Å². The maximum Gasteiger partial charge on any atom is 0.407 e. The van der Waals surface area contributed by atoms with Crippen LogP contribution in [0.4, 0.5) is 27.6 Å². The fourth-order valence-electron chi connectivity index (χ4n) is 17.1. The van der Waals surface area contributed by atoms with Crippen molar-refractivity contribution in [1.82, 2.24) is 45.9 Å². The zero-order chi connectivity index (χ0) is 72.6. The Labute approximate surface area is 612 Å². The predicted molar refractivity (Wildman–Crippen MR) is 402 cm³/mol. The summed E-state index contributed by atoms with van der Waals surface area (Å²) in [5.41, 5.74) is 15.4. The number of ether oxygens (including phenoxy) is 3. The molecule has 18 heteroatoms. The number of hydrogen-bond donors (Lipinski definition) is 3. The number of carbonyl (C=O) groups is 3. The zero-order valence-electron chi connectivity index (χ0n) is 59.6. The minimum absolute atomic E-state index is 0.141. The molecule has 3 fully saturated rings. The molecule has 15 nitrogen and oxygen atoms in total. The SMILES string of the molecule is CCOC(=O)N[C@@H]1CC[C@@H]2[C@H](Cc3ccncc3[C@H]2/C=C/c2ccc(-c3cccc(F)c3)cn2)C1.CCOC(=O)N[C@@H]1CC[C@@H]2[C@H](Cc3cnccc3[C@H]2/C=C/c2ccc(-c3cccc(F)c3)cn2)C1.CCOC(=O)N[C@@H]1CC[C@@H]2[C@H](Cc3ncccc3[C@H]2/C=C/c2ccc(-c3cccc(F)c3)cn2)C1. The normalized spacial score (nSPS) is 23.4. The highest BCUT2D eigenvalue weighted by Crippen LogP contribution is 2.50. The van der Waals surface area contributed by atoms with Crippen molar-refractivity contribution in [3.8, 4) is 33.4 Å². The highest BCUT2D eigenvalue weighted by molar-refractivity contribution is 5.70. The second-order valence-electron chi connectivity index (χ2n) is 28.3. The van der Waals surface area contributed by atoms with Gasteiger partial charge in [-0.2, -0.15) is 0 Å². The monoisotopic (exact) mass is 1410 g/mol. The van der Waals surface area contributed by atoms with Gasteiger partial charge in [0.1, 0.15) is 17.5 Å². The molecule has 0 saturated heterocycles. The Hall–Kier alpha value is -10.6. The molecule has 0 aliphatic heterocycles. The number of rotatable bonds is 15. The van der Waals surface area contributed by atoms with Gasteiger partial charge in [0.15, 0.2) is 0 Å². The second-order valence-corrected chi connectivity index (χ2v) is 28.3. The van der Waals surface area contributed by atoms with Gasteiger partial charge in [0, 0.05) is 108 Å². The van der Waals surface area contributed by atoms with E-state index in [1.807, 2.05) is 112 Å².